The first kappa shape index (κ1) is 10.7. The zero-order valence-electron chi connectivity index (χ0n) is 8.43. The summed E-state index contributed by atoms with van der Waals surface area (Å²) >= 11 is 0. The first-order valence-electron chi connectivity index (χ1n) is 4.86. The van der Waals surface area contributed by atoms with Crippen molar-refractivity contribution in [3.8, 4) is 0 Å². The van der Waals surface area contributed by atoms with E-state index in [1.165, 1.54) is 12.8 Å². The van der Waals surface area contributed by atoms with Gasteiger partial charge in [-0.25, -0.2) is 0 Å². The van der Waals surface area contributed by atoms with Crippen molar-refractivity contribution in [2.75, 3.05) is 0 Å². The van der Waals surface area contributed by atoms with Crippen LogP contribution in [0.4, 0.5) is 0 Å². The van der Waals surface area contributed by atoms with Crippen LogP contribution in [0, 0.1) is 17.8 Å². The lowest BCUT2D eigenvalue weighted by Crippen LogP contribution is -1.95. The smallest absolute Gasteiger partial charge is 0.0231 e. The number of hydrogen-bond donors (Lipinski definition) is 0. The van der Waals surface area contributed by atoms with Crippen LogP contribution in [0.2, 0.25) is 0 Å². The van der Waals surface area contributed by atoms with E-state index in [4.69, 9.17) is 0 Å². The van der Waals surface area contributed by atoms with Crippen LogP contribution < -0.4 is 0 Å². The lowest BCUT2D eigenvalue weighted by atomic mass is 10.0. The molecule has 0 spiro atoms. The van der Waals surface area contributed by atoms with Gasteiger partial charge >= 0.3 is 0 Å². The molecule has 1 rings (SSSR count). The molecule has 0 saturated heterocycles. The highest BCUT2D eigenvalue weighted by Gasteiger charge is 2.25. The Kier molecular flexibility index (Phi) is 5.27. The van der Waals surface area contributed by atoms with Gasteiger partial charge in [0.05, 0.1) is 0 Å². The lowest BCUT2D eigenvalue weighted by Gasteiger charge is -2.04. The van der Waals surface area contributed by atoms with Crippen molar-refractivity contribution in [2.45, 2.75) is 40.5 Å². The third kappa shape index (κ3) is 3.09. The van der Waals surface area contributed by atoms with Crippen LogP contribution in [0.3, 0.4) is 0 Å². The third-order valence-corrected chi connectivity index (χ3v) is 2.65. The normalized spacial score (nSPS) is 35.8. The largest absolute Gasteiger partial charge is 0.103 e. The standard InChI is InChI=1S/C9H16.C2H6/c1-4-9-5-7(2)8(3)6-9;1-2/h4,7-9H,1,5-6H2,2-3H3;1-2H3. The fraction of sp³-hybridized carbons (Fsp3) is 0.818. The van der Waals surface area contributed by atoms with Gasteiger partial charge in [-0.15, -0.1) is 6.58 Å². The maximum Gasteiger partial charge on any atom is -0.0231 e. The quantitative estimate of drug-likeness (QED) is 0.503. The molecule has 0 amide bonds. The number of allylic oxidation sites excluding steroid dienone is 1. The molecule has 0 aromatic heterocycles. The average molecular weight is 154 g/mol. The van der Waals surface area contributed by atoms with E-state index in [-0.39, 0.29) is 0 Å². The maximum atomic E-state index is 3.81. The fourth-order valence-electron chi connectivity index (χ4n) is 1.71. The Bertz CT molecular complexity index is 94.6. The zero-order valence-corrected chi connectivity index (χ0v) is 8.43. The van der Waals surface area contributed by atoms with Gasteiger partial charge in [-0.3, -0.25) is 0 Å². The molecule has 0 heteroatoms. The van der Waals surface area contributed by atoms with Crippen LogP contribution in [-0.2, 0) is 0 Å². The molecule has 0 aliphatic heterocycles. The molecule has 1 saturated carbocycles. The summed E-state index contributed by atoms with van der Waals surface area (Å²) in [5.41, 5.74) is 0. The van der Waals surface area contributed by atoms with Crippen LogP contribution in [0.5, 0.6) is 0 Å². The van der Waals surface area contributed by atoms with Crippen molar-refractivity contribution >= 4 is 0 Å². The monoisotopic (exact) mass is 154 g/mol. The predicted octanol–water partition coefficient (Wildman–Crippen LogP) is 3.88. The SMILES string of the molecule is C=CC1CC(C)C(C)C1.CC. The molecule has 0 nitrogen and oxygen atoms in total. The minimum atomic E-state index is 0.815. The van der Waals surface area contributed by atoms with Gasteiger partial charge in [0.1, 0.15) is 0 Å². The maximum absolute atomic E-state index is 3.81. The molecule has 1 aliphatic carbocycles. The van der Waals surface area contributed by atoms with Crippen molar-refractivity contribution in [3.05, 3.63) is 12.7 Å². The van der Waals surface area contributed by atoms with Crippen LogP contribution in [0.25, 0.3) is 0 Å². The van der Waals surface area contributed by atoms with Gasteiger partial charge in [0.2, 0.25) is 0 Å². The molecule has 0 radical (unpaired) electrons. The Morgan fingerprint density at radius 3 is 1.64 bits per heavy atom. The van der Waals surface area contributed by atoms with Crippen LogP contribution >= 0.6 is 0 Å². The summed E-state index contributed by atoms with van der Waals surface area (Å²) in [6.45, 7) is 12.5. The van der Waals surface area contributed by atoms with E-state index in [0.29, 0.717) is 0 Å². The summed E-state index contributed by atoms with van der Waals surface area (Å²) in [5, 5.41) is 0. The molecule has 1 fully saturated rings. The second-order valence-electron chi connectivity index (χ2n) is 3.42. The molecule has 0 aromatic rings. The van der Waals surface area contributed by atoms with E-state index in [2.05, 4.69) is 26.5 Å². The van der Waals surface area contributed by atoms with Crippen LogP contribution in [-0.4, -0.2) is 0 Å². The summed E-state index contributed by atoms with van der Waals surface area (Å²) < 4.78 is 0. The van der Waals surface area contributed by atoms with Crippen LogP contribution in [0.1, 0.15) is 40.5 Å². The highest BCUT2D eigenvalue weighted by atomic mass is 14.3. The van der Waals surface area contributed by atoms with Crippen molar-refractivity contribution in [3.63, 3.8) is 0 Å². The highest BCUT2D eigenvalue weighted by molar-refractivity contribution is 4.88. The topological polar surface area (TPSA) is 0 Å². The molecule has 0 heterocycles. The van der Waals surface area contributed by atoms with Gasteiger partial charge in [-0.1, -0.05) is 33.8 Å². The average Bonchev–Trinajstić information content (AvgIpc) is 2.36. The van der Waals surface area contributed by atoms with E-state index in [1.807, 2.05) is 13.8 Å². The molecule has 2 atom stereocenters. The van der Waals surface area contributed by atoms with Gasteiger partial charge in [0, 0.05) is 0 Å². The molecular weight excluding hydrogens is 132 g/mol. The summed E-state index contributed by atoms with van der Waals surface area (Å²) in [6.07, 6.45) is 4.84. The predicted molar refractivity (Wildman–Crippen MR) is 52.6 cm³/mol. The van der Waals surface area contributed by atoms with E-state index in [0.717, 1.165) is 17.8 Å². The van der Waals surface area contributed by atoms with E-state index in [9.17, 15) is 0 Å². The molecule has 2 unspecified atom stereocenters. The molecule has 11 heavy (non-hydrogen) atoms. The van der Waals surface area contributed by atoms with Gasteiger partial charge in [0.25, 0.3) is 0 Å². The van der Waals surface area contributed by atoms with E-state index >= 15 is 0 Å². The van der Waals surface area contributed by atoms with Crippen molar-refractivity contribution in [2.24, 2.45) is 17.8 Å². The Morgan fingerprint density at radius 1 is 1.09 bits per heavy atom. The Hall–Kier alpha value is -0.260. The second kappa shape index (κ2) is 5.40. The van der Waals surface area contributed by atoms with Crippen LogP contribution in [0.15, 0.2) is 12.7 Å². The lowest BCUT2D eigenvalue weighted by molar-refractivity contribution is 0.457. The fourth-order valence-corrected chi connectivity index (χ4v) is 1.71. The second-order valence-corrected chi connectivity index (χ2v) is 3.42. The zero-order chi connectivity index (χ0) is 8.85. The Morgan fingerprint density at radius 2 is 1.45 bits per heavy atom. The molecule has 0 bridgehead atoms. The number of rotatable bonds is 1. The Labute approximate surface area is 71.7 Å². The highest BCUT2D eigenvalue weighted by Crippen LogP contribution is 2.35. The minimum Gasteiger partial charge on any atom is -0.103 e. The first-order chi connectivity index (χ1) is 5.24. The molecule has 66 valence electrons. The van der Waals surface area contributed by atoms with Gasteiger partial charge < -0.3 is 0 Å². The molecular formula is C11H22. The minimum absolute atomic E-state index is 0.815. The van der Waals surface area contributed by atoms with E-state index in [1.54, 1.807) is 0 Å². The first-order valence-corrected chi connectivity index (χ1v) is 4.86. The Balaban J connectivity index is 0.000000461. The van der Waals surface area contributed by atoms with Crippen molar-refractivity contribution in [1.29, 1.82) is 0 Å². The molecule has 0 N–H and O–H groups in total. The molecule has 1 aliphatic rings. The molecule has 0 aromatic carbocycles. The van der Waals surface area contributed by atoms with Crippen molar-refractivity contribution < 1.29 is 0 Å². The third-order valence-electron chi connectivity index (χ3n) is 2.65. The van der Waals surface area contributed by atoms with Gasteiger partial charge in [-0.05, 0) is 30.6 Å². The van der Waals surface area contributed by atoms with Crippen molar-refractivity contribution in [1.82, 2.24) is 0 Å². The summed E-state index contributed by atoms with van der Waals surface area (Å²) in [5.74, 6) is 2.66. The van der Waals surface area contributed by atoms with Gasteiger partial charge in [0.15, 0.2) is 0 Å². The summed E-state index contributed by atoms with van der Waals surface area (Å²) in [6, 6.07) is 0. The summed E-state index contributed by atoms with van der Waals surface area (Å²) in [7, 11) is 0. The number of hydrogen-bond acceptors (Lipinski definition) is 0. The van der Waals surface area contributed by atoms with E-state index < -0.39 is 0 Å². The van der Waals surface area contributed by atoms with Gasteiger partial charge in [-0.2, -0.15) is 0 Å². The summed E-state index contributed by atoms with van der Waals surface area (Å²) in [4.78, 5) is 0.